The standard InChI is InChI=1S/C13H19NO4S/c1-6(2)17-12(15)9-8(5)10(19-11(9)14)13(16)18-7(3)4/h6-7H,14H2,1-5H3. The van der Waals surface area contributed by atoms with Gasteiger partial charge in [-0.3, -0.25) is 0 Å². The van der Waals surface area contributed by atoms with E-state index in [4.69, 9.17) is 15.2 Å². The molecule has 1 aromatic heterocycles. The first kappa shape index (κ1) is 15.5. The lowest BCUT2D eigenvalue weighted by molar-refractivity contribution is 0.0378. The van der Waals surface area contributed by atoms with Crippen LogP contribution in [0.15, 0.2) is 0 Å². The van der Waals surface area contributed by atoms with E-state index in [2.05, 4.69) is 0 Å². The highest BCUT2D eigenvalue weighted by molar-refractivity contribution is 7.18. The molecule has 0 aromatic carbocycles. The topological polar surface area (TPSA) is 78.6 Å². The Kier molecular flexibility index (Phi) is 4.94. The first-order chi connectivity index (χ1) is 8.73. The number of rotatable bonds is 4. The van der Waals surface area contributed by atoms with Crippen molar-refractivity contribution in [1.82, 2.24) is 0 Å². The highest BCUT2D eigenvalue weighted by Crippen LogP contribution is 2.32. The number of esters is 2. The Morgan fingerprint density at radius 3 is 2.00 bits per heavy atom. The zero-order valence-electron chi connectivity index (χ0n) is 11.8. The third-order valence-corrected chi connectivity index (χ3v) is 3.35. The molecular weight excluding hydrogens is 266 g/mol. The summed E-state index contributed by atoms with van der Waals surface area (Å²) in [4.78, 5) is 24.1. The molecule has 106 valence electrons. The minimum Gasteiger partial charge on any atom is -0.459 e. The van der Waals surface area contributed by atoms with Crippen LogP contribution in [0, 0.1) is 6.92 Å². The van der Waals surface area contributed by atoms with Crippen molar-refractivity contribution in [2.45, 2.75) is 46.8 Å². The average molecular weight is 285 g/mol. The third-order valence-electron chi connectivity index (χ3n) is 2.25. The number of hydrogen-bond acceptors (Lipinski definition) is 6. The van der Waals surface area contributed by atoms with Crippen LogP contribution in [-0.2, 0) is 9.47 Å². The summed E-state index contributed by atoms with van der Waals surface area (Å²) >= 11 is 1.05. The van der Waals surface area contributed by atoms with Crippen molar-refractivity contribution in [2.75, 3.05) is 5.73 Å². The summed E-state index contributed by atoms with van der Waals surface area (Å²) in [7, 11) is 0. The number of nitrogen functional groups attached to an aromatic ring is 1. The van der Waals surface area contributed by atoms with Gasteiger partial charge >= 0.3 is 11.9 Å². The van der Waals surface area contributed by atoms with Crippen molar-refractivity contribution in [3.8, 4) is 0 Å². The lowest BCUT2D eigenvalue weighted by Gasteiger charge is -2.09. The lowest BCUT2D eigenvalue weighted by Crippen LogP contribution is -2.14. The van der Waals surface area contributed by atoms with Crippen LogP contribution >= 0.6 is 11.3 Å². The molecule has 0 aliphatic carbocycles. The van der Waals surface area contributed by atoms with Gasteiger partial charge in [-0.1, -0.05) is 0 Å². The van der Waals surface area contributed by atoms with E-state index in [1.165, 1.54) is 0 Å². The van der Waals surface area contributed by atoms with Gasteiger partial charge in [0.15, 0.2) is 0 Å². The Morgan fingerprint density at radius 2 is 1.53 bits per heavy atom. The Labute approximate surface area is 116 Å². The van der Waals surface area contributed by atoms with Crippen molar-refractivity contribution < 1.29 is 19.1 Å². The maximum absolute atomic E-state index is 11.9. The molecule has 0 aliphatic rings. The molecule has 1 heterocycles. The first-order valence-corrected chi connectivity index (χ1v) is 6.86. The van der Waals surface area contributed by atoms with Crippen LogP contribution in [-0.4, -0.2) is 24.1 Å². The van der Waals surface area contributed by atoms with Crippen LogP contribution < -0.4 is 5.73 Å². The minimum atomic E-state index is -0.509. The number of anilines is 1. The molecular formula is C13H19NO4S. The van der Waals surface area contributed by atoms with Gasteiger partial charge in [-0.25, -0.2) is 9.59 Å². The third kappa shape index (κ3) is 3.70. The second kappa shape index (κ2) is 6.06. The second-order valence-electron chi connectivity index (χ2n) is 4.70. The lowest BCUT2D eigenvalue weighted by atomic mass is 10.1. The number of thiophene rings is 1. The molecule has 0 saturated heterocycles. The fraction of sp³-hybridized carbons (Fsp3) is 0.538. The molecule has 1 rings (SSSR count). The summed E-state index contributed by atoms with van der Waals surface area (Å²) in [6.07, 6.45) is -0.460. The van der Waals surface area contributed by atoms with E-state index in [1.54, 1.807) is 34.6 Å². The Morgan fingerprint density at radius 1 is 1.05 bits per heavy atom. The summed E-state index contributed by atoms with van der Waals surface area (Å²) in [6, 6.07) is 0. The van der Waals surface area contributed by atoms with Crippen molar-refractivity contribution in [2.24, 2.45) is 0 Å². The Hall–Kier alpha value is -1.56. The van der Waals surface area contributed by atoms with E-state index >= 15 is 0 Å². The Balaban J connectivity index is 3.07. The van der Waals surface area contributed by atoms with E-state index in [-0.39, 0.29) is 22.8 Å². The van der Waals surface area contributed by atoms with Crippen LogP contribution in [0.5, 0.6) is 0 Å². The molecule has 0 saturated carbocycles. The summed E-state index contributed by atoms with van der Waals surface area (Å²) in [5.41, 5.74) is 6.57. The summed E-state index contributed by atoms with van der Waals surface area (Å²) in [6.45, 7) is 8.70. The van der Waals surface area contributed by atoms with Gasteiger partial charge in [0.2, 0.25) is 0 Å². The van der Waals surface area contributed by atoms with Crippen LogP contribution in [0.2, 0.25) is 0 Å². The number of hydrogen-bond donors (Lipinski definition) is 1. The second-order valence-corrected chi connectivity index (χ2v) is 5.76. The normalized spacial score (nSPS) is 10.9. The highest BCUT2D eigenvalue weighted by atomic mass is 32.1. The molecule has 0 fully saturated rings. The number of carbonyl (C=O) groups is 2. The van der Waals surface area contributed by atoms with Crippen molar-refractivity contribution in [3.63, 3.8) is 0 Å². The first-order valence-electron chi connectivity index (χ1n) is 6.04. The fourth-order valence-electron chi connectivity index (χ4n) is 1.52. The molecule has 2 N–H and O–H groups in total. The fourth-order valence-corrected chi connectivity index (χ4v) is 2.47. The summed E-state index contributed by atoms with van der Waals surface area (Å²) < 4.78 is 10.2. The van der Waals surface area contributed by atoms with Gasteiger partial charge in [-0.2, -0.15) is 0 Å². The van der Waals surface area contributed by atoms with E-state index in [1.807, 2.05) is 0 Å². The van der Waals surface area contributed by atoms with Crippen LogP contribution in [0.3, 0.4) is 0 Å². The van der Waals surface area contributed by atoms with Gasteiger partial charge in [-0.05, 0) is 40.2 Å². The Bertz CT molecular complexity index is 491. The average Bonchev–Trinajstić information content (AvgIpc) is 2.52. The number of nitrogens with two attached hydrogens (primary N) is 1. The van der Waals surface area contributed by atoms with Gasteiger partial charge in [0, 0.05) is 0 Å². The van der Waals surface area contributed by atoms with Crippen LogP contribution in [0.25, 0.3) is 0 Å². The summed E-state index contributed by atoms with van der Waals surface area (Å²) in [5, 5.41) is 0.277. The molecule has 0 radical (unpaired) electrons. The zero-order chi connectivity index (χ0) is 14.7. The quantitative estimate of drug-likeness (QED) is 0.860. The zero-order valence-corrected chi connectivity index (χ0v) is 12.6. The summed E-state index contributed by atoms with van der Waals surface area (Å²) in [5.74, 6) is -0.974. The SMILES string of the molecule is Cc1c(C(=O)OC(C)C)sc(N)c1C(=O)OC(C)C. The number of ether oxygens (including phenoxy) is 2. The highest BCUT2D eigenvalue weighted by Gasteiger charge is 2.25. The van der Waals surface area contributed by atoms with E-state index < -0.39 is 11.9 Å². The van der Waals surface area contributed by atoms with Gasteiger partial charge < -0.3 is 15.2 Å². The van der Waals surface area contributed by atoms with Crippen molar-refractivity contribution in [3.05, 3.63) is 16.0 Å². The van der Waals surface area contributed by atoms with E-state index in [0.29, 0.717) is 10.4 Å². The maximum atomic E-state index is 11.9. The van der Waals surface area contributed by atoms with Crippen molar-refractivity contribution in [1.29, 1.82) is 0 Å². The largest absolute Gasteiger partial charge is 0.459 e. The number of carbonyl (C=O) groups excluding carboxylic acids is 2. The molecule has 0 amide bonds. The van der Waals surface area contributed by atoms with Gasteiger partial charge in [0.25, 0.3) is 0 Å². The van der Waals surface area contributed by atoms with E-state index in [0.717, 1.165) is 11.3 Å². The van der Waals surface area contributed by atoms with Gasteiger partial charge in [0.05, 0.1) is 17.8 Å². The predicted octanol–water partition coefficient (Wildman–Crippen LogP) is 2.77. The predicted molar refractivity (Wildman–Crippen MR) is 74.6 cm³/mol. The molecule has 0 atom stereocenters. The molecule has 0 bridgehead atoms. The minimum absolute atomic E-state index is 0.221. The van der Waals surface area contributed by atoms with E-state index in [9.17, 15) is 9.59 Å². The molecule has 19 heavy (non-hydrogen) atoms. The van der Waals surface area contributed by atoms with Crippen LogP contribution in [0.4, 0.5) is 5.00 Å². The van der Waals surface area contributed by atoms with Crippen molar-refractivity contribution >= 4 is 28.3 Å². The molecule has 6 heteroatoms. The smallest absolute Gasteiger partial charge is 0.348 e. The molecule has 1 aromatic rings. The maximum Gasteiger partial charge on any atom is 0.348 e. The van der Waals surface area contributed by atoms with Crippen LogP contribution in [0.1, 0.15) is 53.3 Å². The van der Waals surface area contributed by atoms with Gasteiger partial charge in [0.1, 0.15) is 9.88 Å². The monoisotopic (exact) mass is 285 g/mol. The molecule has 0 aliphatic heterocycles. The molecule has 0 unspecified atom stereocenters. The molecule has 0 spiro atoms. The van der Waals surface area contributed by atoms with Gasteiger partial charge in [-0.15, -0.1) is 11.3 Å². The molecule has 5 nitrogen and oxygen atoms in total.